The monoisotopic (exact) mass is 287 g/mol. The SMILES string of the molecule is CCC(CCO)CCC(C)(CC)NC(=O)OC(C)(C)C. The van der Waals surface area contributed by atoms with Crippen molar-refractivity contribution in [3.05, 3.63) is 0 Å². The van der Waals surface area contributed by atoms with Gasteiger partial charge in [-0.05, 0) is 59.3 Å². The molecule has 120 valence electrons. The van der Waals surface area contributed by atoms with Crippen molar-refractivity contribution in [3.8, 4) is 0 Å². The first-order valence-electron chi connectivity index (χ1n) is 7.77. The zero-order chi connectivity index (χ0) is 15.8. The largest absolute Gasteiger partial charge is 0.444 e. The Balaban J connectivity index is 4.42. The molecule has 4 nitrogen and oxygen atoms in total. The van der Waals surface area contributed by atoms with Crippen molar-refractivity contribution in [2.24, 2.45) is 5.92 Å². The van der Waals surface area contributed by atoms with Crippen LogP contribution < -0.4 is 5.32 Å². The molecule has 0 aliphatic rings. The van der Waals surface area contributed by atoms with E-state index in [0.29, 0.717) is 5.92 Å². The predicted octanol–water partition coefficient (Wildman–Crippen LogP) is 3.87. The summed E-state index contributed by atoms with van der Waals surface area (Å²) in [5.41, 5.74) is -0.715. The second-order valence-electron chi connectivity index (χ2n) is 6.87. The molecule has 0 radical (unpaired) electrons. The number of amides is 1. The molecule has 0 saturated heterocycles. The highest BCUT2D eigenvalue weighted by Crippen LogP contribution is 2.24. The molecule has 2 N–H and O–H groups in total. The van der Waals surface area contributed by atoms with Crippen LogP contribution in [0.2, 0.25) is 0 Å². The molecule has 0 bridgehead atoms. The van der Waals surface area contributed by atoms with Gasteiger partial charge in [0.25, 0.3) is 0 Å². The number of hydrogen-bond donors (Lipinski definition) is 2. The highest BCUT2D eigenvalue weighted by atomic mass is 16.6. The van der Waals surface area contributed by atoms with Crippen molar-refractivity contribution in [1.29, 1.82) is 0 Å². The lowest BCUT2D eigenvalue weighted by Gasteiger charge is -2.32. The average Bonchev–Trinajstić information content (AvgIpc) is 2.32. The molecule has 0 aromatic carbocycles. The van der Waals surface area contributed by atoms with Crippen LogP contribution in [-0.2, 0) is 4.74 Å². The van der Waals surface area contributed by atoms with Crippen molar-refractivity contribution >= 4 is 6.09 Å². The topological polar surface area (TPSA) is 58.6 Å². The van der Waals surface area contributed by atoms with E-state index in [1.54, 1.807) is 0 Å². The Labute approximate surface area is 124 Å². The van der Waals surface area contributed by atoms with E-state index >= 15 is 0 Å². The molecular formula is C16H33NO3. The number of aliphatic hydroxyl groups is 1. The summed E-state index contributed by atoms with van der Waals surface area (Å²) >= 11 is 0. The molecule has 2 unspecified atom stereocenters. The van der Waals surface area contributed by atoms with Crippen molar-refractivity contribution in [3.63, 3.8) is 0 Å². The fraction of sp³-hybridized carbons (Fsp3) is 0.938. The second-order valence-corrected chi connectivity index (χ2v) is 6.87. The Bertz CT molecular complexity index is 286. The van der Waals surface area contributed by atoms with E-state index in [4.69, 9.17) is 9.84 Å². The van der Waals surface area contributed by atoms with Crippen LogP contribution in [-0.4, -0.2) is 28.9 Å². The Morgan fingerprint density at radius 1 is 1.20 bits per heavy atom. The fourth-order valence-corrected chi connectivity index (χ4v) is 2.14. The van der Waals surface area contributed by atoms with Crippen LogP contribution in [0, 0.1) is 5.92 Å². The minimum absolute atomic E-state index is 0.237. The quantitative estimate of drug-likeness (QED) is 0.712. The number of carbonyl (C=O) groups is 1. The minimum Gasteiger partial charge on any atom is -0.444 e. The summed E-state index contributed by atoms with van der Waals surface area (Å²) in [5, 5.41) is 12.0. The number of rotatable bonds is 8. The van der Waals surface area contributed by atoms with Gasteiger partial charge in [0, 0.05) is 12.1 Å². The Hall–Kier alpha value is -0.770. The maximum atomic E-state index is 11.9. The van der Waals surface area contributed by atoms with Gasteiger partial charge in [-0.1, -0.05) is 20.3 Å². The molecule has 0 heterocycles. The number of ether oxygens (including phenoxy) is 1. The molecule has 1 amide bonds. The van der Waals surface area contributed by atoms with Gasteiger partial charge >= 0.3 is 6.09 Å². The maximum absolute atomic E-state index is 11.9. The molecule has 2 atom stereocenters. The number of nitrogens with one attached hydrogen (secondary N) is 1. The number of carbonyl (C=O) groups excluding carboxylic acids is 1. The fourth-order valence-electron chi connectivity index (χ4n) is 2.14. The highest BCUT2D eigenvalue weighted by molar-refractivity contribution is 5.68. The molecule has 20 heavy (non-hydrogen) atoms. The van der Waals surface area contributed by atoms with E-state index in [2.05, 4.69) is 26.1 Å². The van der Waals surface area contributed by atoms with Gasteiger partial charge < -0.3 is 15.2 Å². The van der Waals surface area contributed by atoms with Crippen LogP contribution in [0.25, 0.3) is 0 Å². The average molecular weight is 287 g/mol. The van der Waals surface area contributed by atoms with Gasteiger partial charge in [0.2, 0.25) is 0 Å². The summed E-state index contributed by atoms with van der Waals surface area (Å²) in [6.07, 6.45) is 4.33. The molecule has 0 spiro atoms. The van der Waals surface area contributed by atoms with Gasteiger partial charge in [-0.2, -0.15) is 0 Å². The predicted molar refractivity (Wildman–Crippen MR) is 82.8 cm³/mol. The van der Waals surface area contributed by atoms with Crippen molar-refractivity contribution in [2.75, 3.05) is 6.61 Å². The standard InChI is InChI=1S/C16H33NO3/c1-7-13(10-12-18)9-11-16(6,8-2)17-14(19)20-15(3,4)5/h13,18H,7-12H2,1-6H3,(H,17,19). The van der Waals surface area contributed by atoms with E-state index < -0.39 is 5.60 Å². The maximum Gasteiger partial charge on any atom is 0.408 e. The number of alkyl carbamates (subject to hydrolysis) is 1. The van der Waals surface area contributed by atoms with Crippen molar-refractivity contribution in [1.82, 2.24) is 5.32 Å². The van der Waals surface area contributed by atoms with Crippen LogP contribution in [0.4, 0.5) is 4.79 Å². The Morgan fingerprint density at radius 3 is 2.20 bits per heavy atom. The van der Waals surface area contributed by atoms with E-state index in [1.807, 2.05) is 20.8 Å². The summed E-state index contributed by atoms with van der Waals surface area (Å²) in [4.78, 5) is 11.9. The lowest BCUT2D eigenvalue weighted by atomic mass is 9.86. The molecule has 0 aliphatic heterocycles. The molecule has 0 aromatic heterocycles. The smallest absolute Gasteiger partial charge is 0.408 e. The molecule has 4 heteroatoms. The zero-order valence-corrected chi connectivity index (χ0v) is 14.1. The number of aliphatic hydroxyl groups excluding tert-OH is 1. The molecule has 0 aliphatic carbocycles. The van der Waals surface area contributed by atoms with Gasteiger partial charge in [0.1, 0.15) is 5.60 Å². The first-order chi connectivity index (χ1) is 9.15. The van der Waals surface area contributed by atoms with Crippen LogP contribution in [0.5, 0.6) is 0 Å². The highest BCUT2D eigenvalue weighted by Gasteiger charge is 2.27. The van der Waals surface area contributed by atoms with Crippen LogP contribution in [0.3, 0.4) is 0 Å². The minimum atomic E-state index is -0.471. The third kappa shape index (κ3) is 8.41. The summed E-state index contributed by atoms with van der Waals surface area (Å²) in [7, 11) is 0. The summed E-state index contributed by atoms with van der Waals surface area (Å²) < 4.78 is 5.33. The molecule has 0 aromatic rings. The van der Waals surface area contributed by atoms with Gasteiger partial charge in [-0.15, -0.1) is 0 Å². The van der Waals surface area contributed by atoms with Crippen LogP contribution in [0.1, 0.15) is 73.6 Å². The normalized spacial score (nSPS) is 16.4. The second kappa shape index (κ2) is 8.50. The van der Waals surface area contributed by atoms with Crippen LogP contribution >= 0.6 is 0 Å². The lowest BCUT2D eigenvalue weighted by molar-refractivity contribution is 0.0450. The van der Waals surface area contributed by atoms with Gasteiger partial charge in [0.15, 0.2) is 0 Å². The summed E-state index contributed by atoms with van der Waals surface area (Å²) in [5.74, 6) is 0.520. The zero-order valence-electron chi connectivity index (χ0n) is 14.1. The van der Waals surface area contributed by atoms with Crippen molar-refractivity contribution < 1.29 is 14.6 Å². The van der Waals surface area contributed by atoms with E-state index in [0.717, 1.165) is 32.1 Å². The van der Waals surface area contributed by atoms with Gasteiger partial charge in [0.05, 0.1) is 0 Å². The molecule has 0 fully saturated rings. The summed E-state index contributed by atoms with van der Waals surface area (Å²) in [6, 6.07) is 0. The third-order valence-electron chi connectivity index (χ3n) is 3.80. The van der Waals surface area contributed by atoms with Gasteiger partial charge in [-0.25, -0.2) is 4.79 Å². The Morgan fingerprint density at radius 2 is 1.80 bits per heavy atom. The Kier molecular flexibility index (Phi) is 8.17. The number of hydrogen-bond acceptors (Lipinski definition) is 3. The van der Waals surface area contributed by atoms with E-state index in [9.17, 15) is 4.79 Å². The summed E-state index contributed by atoms with van der Waals surface area (Å²) in [6.45, 7) is 12.1. The van der Waals surface area contributed by atoms with Crippen molar-refractivity contribution in [2.45, 2.75) is 84.8 Å². The molecular weight excluding hydrogens is 254 g/mol. The lowest BCUT2D eigenvalue weighted by Crippen LogP contribution is -2.47. The molecule has 0 rings (SSSR count). The van der Waals surface area contributed by atoms with Gasteiger partial charge in [-0.3, -0.25) is 0 Å². The molecule has 0 saturated carbocycles. The third-order valence-corrected chi connectivity index (χ3v) is 3.80. The van der Waals surface area contributed by atoms with E-state index in [1.165, 1.54) is 0 Å². The first-order valence-corrected chi connectivity index (χ1v) is 7.77. The first kappa shape index (κ1) is 19.2. The van der Waals surface area contributed by atoms with E-state index in [-0.39, 0.29) is 18.2 Å². The van der Waals surface area contributed by atoms with Crippen LogP contribution in [0.15, 0.2) is 0 Å².